The van der Waals surface area contributed by atoms with Gasteiger partial charge in [-0.15, -0.1) is 11.8 Å². The number of amides is 1. The van der Waals surface area contributed by atoms with Gasteiger partial charge in [-0.05, 0) is 57.2 Å². The van der Waals surface area contributed by atoms with Crippen LogP contribution in [0.3, 0.4) is 0 Å². The summed E-state index contributed by atoms with van der Waals surface area (Å²) < 4.78 is 14.9. The number of para-hydroxylation sites is 2. The van der Waals surface area contributed by atoms with Crippen molar-refractivity contribution in [2.75, 3.05) is 5.75 Å². The van der Waals surface area contributed by atoms with Gasteiger partial charge < -0.3 is 10.3 Å². The zero-order chi connectivity index (χ0) is 22.0. The van der Waals surface area contributed by atoms with Crippen molar-refractivity contribution in [3.05, 3.63) is 77.6 Å². The molecule has 0 fully saturated rings. The average molecular weight is 438 g/mol. The summed E-state index contributed by atoms with van der Waals surface area (Å²) in [5, 5.41) is 7.51. The number of imidazole rings is 1. The van der Waals surface area contributed by atoms with Gasteiger partial charge in [0.2, 0.25) is 5.91 Å². The van der Waals surface area contributed by atoms with Crippen molar-refractivity contribution in [1.82, 2.24) is 25.1 Å². The Morgan fingerprint density at radius 2 is 1.94 bits per heavy atom. The lowest BCUT2D eigenvalue weighted by molar-refractivity contribution is -0.119. The molecule has 0 bridgehead atoms. The first-order valence-electron chi connectivity index (χ1n) is 10.1. The summed E-state index contributed by atoms with van der Waals surface area (Å²) in [5.74, 6) is 0.856. The van der Waals surface area contributed by atoms with Crippen molar-refractivity contribution < 1.29 is 9.18 Å². The molecule has 2 unspecified atom stereocenters. The van der Waals surface area contributed by atoms with E-state index in [-0.39, 0.29) is 23.0 Å². The molecule has 0 aliphatic carbocycles. The van der Waals surface area contributed by atoms with Gasteiger partial charge in [0.25, 0.3) is 0 Å². The third kappa shape index (κ3) is 4.64. The highest BCUT2D eigenvalue weighted by Gasteiger charge is 2.18. The number of aromatic nitrogens is 4. The molecule has 0 saturated heterocycles. The summed E-state index contributed by atoms with van der Waals surface area (Å²) in [5.41, 5.74) is 4.53. The summed E-state index contributed by atoms with van der Waals surface area (Å²) in [6.45, 7) is 5.91. The molecule has 0 radical (unpaired) electrons. The number of nitrogens with zero attached hydrogens (tertiary/aromatic N) is 3. The highest BCUT2D eigenvalue weighted by molar-refractivity contribution is 8.00. The number of rotatable bonds is 7. The van der Waals surface area contributed by atoms with Crippen molar-refractivity contribution in [3.63, 3.8) is 0 Å². The maximum Gasteiger partial charge on any atom is 0.230 e. The summed E-state index contributed by atoms with van der Waals surface area (Å²) >= 11 is 1.54. The molecule has 0 aliphatic heterocycles. The zero-order valence-electron chi connectivity index (χ0n) is 17.6. The molecular weight excluding hydrogens is 413 g/mol. The predicted octanol–water partition coefficient (Wildman–Crippen LogP) is 4.87. The lowest BCUT2D eigenvalue weighted by Gasteiger charge is -2.15. The fourth-order valence-corrected chi connectivity index (χ4v) is 4.25. The van der Waals surface area contributed by atoms with Gasteiger partial charge in [0, 0.05) is 11.3 Å². The Kier molecular flexibility index (Phi) is 6.08. The van der Waals surface area contributed by atoms with Crippen LogP contribution in [0.1, 0.15) is 42.2 Å². The molecule has 6 nitrogen and oxygen atoms in total. The number of carbonyl (C=O) groups excluding carboxylic acids is 1. The Morgan fingerprint density at radius 3 is 2.68 bits per heavy atom. The second-order valence-corrected chi connectivity index (χ2v) is 8.78. The van der Waals surface area contributed by atoms with E-state index in [0.717, 1.165) is 33.8 Å². The summed E-state index contributed by atoms with van der Waals surface area (Å²) in [6.07, 6.45) is 1.74. The molecule has 0 spiro atoms. The maximum absolute atomic E-state index is 13.2. The van der Waals surface area contributed by atoms with Crippen LogP contribution in [0.2, 0.25) is 0 Å². The van der Waals surface area contributed by atoms with Crippen molar-refractivity contribution in [2.24, 2.45) is 0 Å². The van der Waals surface area contributed by atoms with Crippen molar-refractivity contribution in [2.45, 2.75) is 32.1 Å². The number of thioether (sulfide) groups is 1. The Morgan fingerprint density at radius 1 is 1.19 bits per heavy atom. The zero-order valence-corrected chi connectivity index (χ0v) is 18.4. The SMILES string of the molecule is Cc1c(C(C)NC(=O)CSC(C)c2nc3ccccc3[nH]2)cnn1-c1ccc(F)cc1. The molecule has 0 saturated carbocycles. The Labute approximate surface area is 184 Å². The molecule has 160 valence electrons. The summed E-state index contributed by atoms with van der Waals surface area (Å²) in [4.78, 5) is 20.5. The van der Waals surface area contributed by atoms with E-state index in [2.05, 4.69) is 20.4 Å². The minimum atomic E-state index is -0.288. The summed E-state index contributed by atoms with van der Waals surface area (Å²) in [6, 6.07) is 13.9. The Bertz CT molecular complexity index is 1170. The first kappa shape index (κ1) is 21.1. The van der Waals surface area contributed by atoms with Crippen LogP contribution in [0.15, 0.2) is 54.7 Å². The van der Waals surface area contributed by atoms with Gasteiger partial charge in [0.05, 0.1) is 40.0 Å². The lowest BCUT2D eigenvalue weighted by Crippen LogP contribution is -2.28. The largest absolute Gasteiger partial charge is 0.349 e. The number of halogens is 1. The van der Waals surface area contributed by atoms with E-state index in [4.69, 9.17) is 0 Å². The van der Waals surface area contributed by atoms with E-state index in [0.29, 0.717) is 5.75 Å². The number of carbonyl (C=O) groups is 1. The molecule has 2 N–H and O–H groups in total. The standard InChI is InChI=1S/C23H24FN5OS/c1-14(19-12-25-29(15(19)2)18-10-8-17(24)9-11-18)26-22(30)13-31-16(3)23-27-20-6-4-5-7-21(20)28-23/h4-12,14,16H,13H2,1-3H3,(H,26,30)(H,27,28). The highest BCUT2D eigenvalue weighted by atomic mass is 32.2. The molecule has 0 aliphatic rings. The Hall–Kier alpha value is -3.13. The quantitative estimate of drug-likeness (QED) is 0.433. The maximum atomic E-state index is 13.2. The smallest absolute Gasteiger partial charge is 0.230 e. The number of H-pyrrole nitrogens is 1. The number of hydrogen-bond donors (Lipinski definition) is 2. The van der Waals surface area contributed by atoms with E-state index in [1.54, 1.807) is 23.0 Å². The molecular formula is C23H24FN5OS. The highest BCUT2D eigenvalue weighted by Crippen LogP contribution is 2.28. The van der Waals surface area contributed by atoms with Crippen LogP contribution >= 0.6 is 11.8 Å². The normalized spacial score (nSPS) is 13.3. The van der Waals surface area contributed by atoms with Crippen LogP contribution in [0.5, 0.6) is 0 Å². The van der Waals surface area contributed by atoms with Gasteiger partial charge >= 0.3 is 0 Å². The molecule has 1 amide bonds. The molecule has 2 aromatic heterocycles. The third-order valence-electron chi connectivity index (χ3n) is 5.22. The van der Waals surface area contributed by atoms with E-state index < -0.39 is 0 Å². The molecule has 4 rings (SSSR count). The fourth-order valence-electron chi connectivity index (χ4n) is 3.50. The van der Waals surface area contributed by atoms with Gasteiger partial charge in [0.1, 0.15) is 11.6 Å². The van der Waals surface area contributed by atoms with Crippen LogP contribution in [0, 0.1) is 12.7 Å². The summed E-state index contributed by atoms with van der Waals surface area (Å²) in [7, 11) is 0. The van der Waals surface area contributed by atoms with Crippen LogP contribution < -0.4 is 5.32 Å². The van der Waals surface area contributed by atoms with Crippen LogP contribution in [0.25, 0.3) is 16.7 Å². The number of nitrogens with one attached hydrogen (secondary N) is 2. The van der Waals surface area contributed by atoms with Gasteiger partial charge in [-0.3, -0.25) is 4.79 Å². The van der Waals surface area contributed by atoms with Gasteiger partial charge in [-0.1, -0.05) is 12.1 Å². The minimum Gasteiger partial charge on any atom is -0.349 e. The van der Waals surface area contributed by atoms with Crippen molar-refractivity contribution in [3.8, 4) is 5.69 Å². The fraction of sp³-hybridized carbons (Fsp3) is 0.261. The van der Waals surface area contributed by atoms with E-state index >= 15 is 0 Å². The predicted molar refractivity (Wildman–Crippen MR) is 122 cm³/mol. The van der Waals surface area contributed by atoms with Crippen LogP contribution in [-0.2, 0) is 4.79 Å². The van der Waals surface area contributed by atoms with Crippen LogP contribution in [-0.4, -0.2) is 31.4 Å². The average Bonchev–Trinajstić information content (AvgIpc) is 3.36. The van der Waals surface area contributed by atoms with Gasteiger partial charge in [-0.25, -0.2) is 14.1 Å². The monoisotopic (exact) mass is 437 g/mol. The third-order valence-corrected chi connectivity index (χ3v) is 6.37. The number of fused-ring (bicyclic) bond motifs is 1. The lowest BCUT2D eigenvalue weighted by atomic mass is 10.1. The molecule has 2 heterocycles. The molecule has 2 aromatic carbocycles. The molecule has 2 atom stereocenters. The molecule has 4 aromatic rings. The topological polar surface area (TPSA) is 75.6 Å². The second kappa shape index (κ2) is 8.93. The number of benzene rings is 2. The van der Waals surface area contributed by atoms with Crippen LogP contribution in [0.4, 0.5) is 4.39 Å². The van der Waals surface area contributed by atoms with Crippen molar-refractivity contribution in [1.29, 1.82) is 0 Å². The minimum absolute atomic E-state index is 0.0469. The van der Waals surface area contributed by atoms with E-state index in [1.807, 2.05) is 45.0 Å². The number of hydrogen-bond acceptors (Lipinski definition) is 4. The Balaban J connectivity index is 1.35. The first-order chi connectivity index (χ1) is 14.9. The van der Waals surface area contributed by atoms with E-state index in [9.17, 15) is 9.18 Å². The number of aromatic amines is 1. The molecule has 31 heavy (non-hydrogen) atoms. The molecule has 8 heteroatoms. The first-order valence-corrected chi connectivity index (χ1v) is 11.1. The second-order valence-electron chi connectivity index (χ2n) is 7.46. The van der Waals surface area contributed by atoms with Gasteiger partial charge in [0.15, 0.2) is 0 Å². The van der Waals surface area contributed by atoms with E-state index in [1.165, 1.54) is 23.9 Å². The van der Waals surface area contributed by atoms with Gasteiger partial charge in [-0.2, -0.15) is 5.10 Å². The van der Waals surface area contributed by atoms with Crippen molar-refractivity contribution >= 4 is 28.7 Å².